The van der Waals surface area contributed by atoms with Crippen LogP contribution in [0.3, 0.4) is 0 Å². The lowest BCUT2D eigenvalue weighted by Gasteiger charge is -2.13. The summed E-state index contributed by atoms with van der Waals surface area (Å²) in [4.78, 5) is 59.2. The molecule has 0 saturated carbocycles. The minimum Gasteiger partial charge on any atom is -0.423 e. The second-order valence-corrected chi connectivity index (χ2v) is 9.82. The van der Waals surface area contributed by atoms with Crippen LogP contribution in [-0.4, -0.2) is 60.6 Å². The first-order valence-electron chi connectivity index (χ1n) is 12.1. The van der Waals surface area contributed by atoms with Crippen molar-refractivity contribution in [2.24, 2.45) is 0 Å². The van der Waals surface area contributed by atoms with Gasteiger partial charge < -0.3 is 10.0 Å². The lowest BCUT2D eigenvalue weighted by Crippen LogP contribution is -2.32. The van der Waals surface area contributed by atoms with Gasteiger partial charge in [0.25, 0.3) is 23.6 Å². The minimum absolute atomic E-state index is 0.0498. The monoisotopic (exact) mass is 598 g/mol. The molecule has 198 valence electrons. The van der Waals surface area contributed by atoms with E-state index in [9.17, 15) is 19.2 Å². The Kier molecular flexibility index (Phi) is 7.65. The molecule has 2 aromatic carbocycles. The zero-order valence-corrected chi connectivity index (χ0v) is 22.4. The normalized spacial score (nSPS) is 13.7. The number of halogens is 1. The Morgan fingerprint density at radius 1 is 0.600 bits per heavy atom. The van der Waals surface area contributed by atoms with E-state index < -0.39 is 7.12 Å². The molecule has 12 heteroatoms. The predicted molar refractivity (Wildman–Crippen MR) is 147 cm³/mol. The maximum Gasteiger partial charge on any atom is 0.490 e. The van der Waals surface area contributed by atoms with Crippen molar-refractivity contribution in [2.45, 2.75) is 13.1 Å². The van der Waals surface area contributed by atoms with Crippen molar-refractivity contribution in [1.29, 1.82) is 0 Å². The smallest absolute Gasteiger partial charge is 0.423 e. The van der Waals surface area contributed by atoms with Crippen LogP contribution in [0, 0.1) is 0 Å². The van der Waals surface area contributed by atoms with Gasteiger partial charge in [-0.25, -0.2) is 0 Å². The highest BCUT2D eigenvalue weighted by Crippen LogP contribution is 2.25. The Balaban J connectivity index is 0.000000162. The lowest BCUT2D eigenvalue weighted by atomic mass is 9.82. The molecule has 4 heterocycles. The van der Waals surface area contributed by atoms with Crippen LogP contribution < -0.4 is 5.46 Å². The van der Waals surface area contributed by atoms with Crippen LogP contribution in [0.1, 0.15) is 52.8 Å². The second-order valence-electron chi connectivity index (χ2n) is 8.91. The van der Waals surface area contributed by atoms with Crippen LogP contribution in [0.2, 0.25) is 0 Å². The summed E-state index contributed by atoms with van der Waals surface area (Å²) in [7, 11) is -1.59. The fourth-order valence-electron chi connectivity index (χ4n) is 4.27. The molecular weight excluding hydrogens is 579 g/mol. The summed E-state index contributed by atoms with van der Waals surface area (Å²) >= 11 is 3.30. The molecule has 4 aromatic rings. The lowest BCUT2D eigenvalue weighted by molar-refractivity contribution is 0.0625. The van der Waals surface area contributed by atoms with E-state index >= 15 is 0 Å². The summed E-state index contributed by atoms with van der Waals surface area (Å²) in [6, 6.07) is 20.2. The Morgan fingerprint density at radius 2 is 1.00 bits per heavy atom. The van der Waals surface area contributed by atoms with Gasteiger partial charge in [0.15, 0.2) is 0 Å². The van der Waals surface area contributed by atoms with E-state index in [2.05, 4.69) is 25.9 Å². The molecule has 0 aliphatic carbocycles. The Bertz CT molecular complexity index is 1560. The van der Waals surface area contributed by atoms with Gasteiger partial charge in [-0.1, -0.05) is 30.3 Å². The van der Waals surface area contributed by atoms with Gasteiger partial charge in [0, 0.05) is 22.3 Å². The standard InChI is InChI=1S/C14H11BN2O4.C14H9BrN2O2/c18-13-11-3-1-2-4-12(11)14(19)17(13)8-10-6-5-9(7-16-10)15(20)21;15-9-5-6-10(16-7-9)8-17-13(18)11-3-1-2-4-12(11)14(17)19/h1-7,20-21H,8H2;1-7H,8H2. The number of hydrogen-bond acceptors (Lipinski definition) is 8. The van der Waals surface area contributed by atoms with Gasteiger partial charge in [-0.3, -0.25) is 38.9 Å². The van der Waals surface area contributed by atoms with E-state index in [4.69, 9.17) is 10.0 Å². The third-order valence-corrected chi connectivity index (χ3v) is 6.80. The molecule has 10 nitrogen and oxygen atoms in total. The number of benzene rings is 2. The summed E-state index contributed by atoms with van der Waals surface area (Å²) in [6.07, 6.45) is 2.95. The van der Waals surface area contributed by atoms with Crippen LogP contribution >= 0.6 is 15.9 Å². The number of aromatic nitrogens is 2. The van der Waals surface area contributed by atoms with Crippen molar-refractivity contribution in [3.8, 4) is 0 Å². The van der Waals surface area contributed by atoms with Crippen molar-refractivity contribution in [3.05, 3.63) is 123 Å². The topological polar surface area (TPSA) is 141 Å². The highest BCUT2D eigenvalue weighted by molar-refractivity contribution is 9.10. The Hall–Kier alpha value is -4.52. The molecule has 6 rings (SSSR count). The SMILES string of the molecule is O=C1c2ccccc2C(=O)N1Cc1ccc(B(O)O)cn1.O=C1c2ccccc2C(=O)N1Cc1ccc(Br)cn1. The molecule has 0 atom stereocenters. The molecule has 0 unspecified atom stereocenters. The van der Waals surface area contributed by atoms with Gasteiger partial charge in [0.2, 0.25) is 0 Å². The van der Waals surface area contributed by atoms with Gasteiger partial charge in [0.05, 0.1) is 46.7 Å². The zero-order valence-electron chi connectivity index (χ0n) is 20.8. The predicted octanol–water partition coefficient (Wildman–Crippen LogP) is 2.20. The zero-order chi connectivity index (χ0) is 28.4. The number of pyridine rings is 2. The largest absolute Gasteiger partial charge is 0.490 e. The molecule has 0 spiro atoms. The van der Waals surface area contributed by atoms with Gasteiger partial charge in [0.1, 0.15) is 0 Å². The van der Waals surface area contributed by atoms with E-state index in [1.807, 2.05) is 6.07 Å². The summed E-state index contributed by atoms with van der Waals surface area (Å²) in [6.45, 7) is 0.244. The molecule has 2 aromatic heterocycles. The van der Waals surface area contributed by atoms with Crippen molar-refractivity contribution in [2.75, 3.05) is 0 Å². The molecule has 0 saturated heterocycles. The number of fused-ring (bicyclic) bond motifs is 2. The highest BCUT2D eigenvalue weighted by Gasteiger charge is 2.36. The fourth-order valence-corrected chi connectivity index (χ4v) is 4.51. The van der Waals surface area contributed by atoms with E-state index in [0.29, 0.717) is 33.6 Å². The molecule has 2 aliphatic heterocycles. The summed E-state index contributed by atoms with van der Waals surface area (Å²) in [5, 5.41) is 18.0. The van der Waals surface area contributed by atoms with Crippen LogP contribution in [0.15, 0.2) is 89.7 Å². The maximum absolute atomic E-state index is 12.2. The van der Waals surface area contributed by atoms with Gasteiger partial charge >= 0.3 is 7.12 Å². The molecule has 2 aliphatic rings. The molecule has 0 fully saturated rings. The number of rotatable bonds is 5. The van der Waals surface area contributed by atoms with E-state index in [1.54, 1.807) is 66.9 Å². The molecule has 40 heavy (non-hydrogen) atoms. The van der Waals surface area contributed by atoms with Crippen LogP contribution in [0.25, 0.3) is 0 Å². The van der Waals surface area contributed by atoms with Crippen molar-refractivity contribution in [3.63, 3.8) is 0 Å². The van der Waals surface area contributed by atoms with Crippen molar-refractivity contribution < 1.29 is 29.2 Å². The maximum atomic E-state index is 12.2. The summed E-state index contributed by atoms with van der Waals surface area (Å²) in [5.41, 5.74) is 3.14. The molecule has 4 amide bonds. The third-order valence-electron chi connectivity index (χ3n) is 6.33. The number of carbonyl (C=O) groups is 4. The number of carbonyl (C=O) groups excluding carboxylic acids is 4. The van der Waals surface area contributed by atoms with Gasteiger partial charge in [-0.05, 0) is 58.4 Å². The van der Waals surface area contributed by atoms with Crippen molar-refractivity contribution >= 4 is 52.1 Å². The fraction of sp³-hybridized carbons (Fsp3) is 0.0714. The minimum atomic E-state index is -1.59. The van der Waals surface area contributed by atoms with Gasteiger partial charge in [-0.15, -0.1) is 0 Å². The van der Waals surface area contributed by atoms with E-state index in [1.165, 1.54) is 17.2 Å². The number of hydrogen-bond donors (Lipinski definition) is 2. The third kappa shape index (κ3) is 5.32. The number of nitrogens with zero attached hydrogens (tertiary/aromatic N) is 4. The van der Waals surface area contributed by atoms with Crippen molar-refractivity contribution in [1.82, 2.24) is 19.8 Å². The highest BCUT2D eigenvalue weighted by atomic mass is 79.9. The second kappa shape index (κ2) is 11.3. The first-order chi connectivity index (χ1) is 19.2. The number of imide groups is 2. The first kappa shape index (κ1) is 27.1. The Morgan fingerprint density at radius 3 is 1.32 bits per heavy atom. The molecule has 0 bridgehead atoms. The molecule has 0 radical (unpaired) electrons. The molecule has 2 N–H and O–H groups in total. The Labute approximate surface area is 237 Å². The average Bonchev–Trinajstić information content (AvgIpc) is 3.35. The van der Waals surface area contributed by atoms with E-state index in [0.717, 1.165) is 9.37 Å². The average molecular weight is 599 g/mol. The van der Waals surface area contributed by atoms with Gasteiger partial charge in [-0.2, -0.15) is 0 Å². The number of amides is 4. The van der Waals surface area contributed by atoms with E-state index in [-0.39, 0.29) is 42.2 Å². The summed E-state index contributed by atoms with van der Waals surface area (Å²) < 4.78 is 0.860. The summed E-state index contributed by atoms with van der Waals surface area (Å²) in [5.74, 6) is -1.21. The molecular formula is C28H20BBrN4O6. The van der Waals surface area contributed by atoms with Crippen LogP contribution in [0.4, 0.5) is 0 Å². The van der Waals surface area contributed by atoms with Crippen LogP contribution in [0.5, 0.6) is 0 Å². The van der Waals surface area contributed by atoms with Crippen LogP contribution in [-0.2, 0) is 13.1 Å². The first-order valence-corrected chi connectivity index (χ1v) is 12.9. The quantitative estimate of drug-likeness (QED) is 0.263.